The normalized spacial score (nSPS) is 24.7. The Bertz CT molecular complexity index is 373. The van der Waals surface area contributed by atoms with Crippen molar-refractivity contribution in [3.63, 3.8) is 0 Å². The Morgan fingerprint density at radius 3 is 2.47 bits per heavy atom. The van der Waals surface area contributed by atoms with Crippen LogP contribution >= 0.6 is 0 Å². The van der Waals surface area contributed by atoms with Crippen LogP contribution in [0.3, 0.4) is 0 Å². The minimum absolute atomic E-state index is 0.665. The maximum absolute atomic E-state index is 3.63. The van der Waals surface area contributed by atoms with E-state index < -0.39 is 0 Å². The van der Waals surface area contributed by atoms with Crippen LogP contribution in [-0.4, -0.2) is 19.1 Å². The lowest BCUT2D eigenvalue weighted by molar-refractivity contribution is 0.443. The molecule has 0 spiro atoms. The average Bonchev–Trinajstić information content (AvgIpc) is 3.00. The Morgan fingerprint density at radius 1 is 1.00 bits per heavy atom. The quantitative estimate of drug-likeness (QED) is 0.866. The third kappa shape index (κ3) is 3.58. The van der Waals surface area contributed by atoms with E-state index in [0.29, 0.717) is 6.04 Å². The van der Waals surface area contributed by atoms with Crippen molar-refractivity contribution in [2.75, 3.05) is 13.1 Å². The summed E-state index contributed by atoms with van der Waals surface area (Å²) in [6.45, 7) is 3.30. The lowest BCUT2D eigenvalue weighted by Gasteiger charge is -2.22. The zero-order valence-corrected chi connectivity index (χ0v) is 11.8. The minimum atomic E-state index is 0.665. The molecule has 1 saturated heterocycles. The number of benzene rings is 1. The summed E-state index contributed by atoms with van der Waals surface area (Å²) in [4.78, 5) is 0. The van der Waals surface area contributed by atoms with Gasteiger partial charge in [0.05, 0.1) is 0 Å². The molecule has 1 saturated carbocycles. The van der Waals surface area contributed by atoms with Gasteiger partial charge in [-0.15, -0.1) is 0 Å². The van der Waals surface area contributed by atoms with Gasteiger partial charge in [0.25, 0.3) is 0 Å². The van der Waals surface area contributed by atoms with E-state index in [2.05, 4.69) is 34.9 Å². The van der Waals surface area contributed by atoms with Crippen molar-refractivity contribution in [2.24, 2.45) is 0 Å². The first-order valence-electron chi connectivity index (χ1n) is 7.95. The highest BCUT2D eigenvalue weighted by molar-refractivity contribution is 5.25. The van der Waals surface area contributed by atoms with Gasteiger partial charge in [-0.1, -0.05) is 43.5 Å². The molecule has 1 aromatic rings. The van der Waals surface area contributed by atoms with Gasteiger partial charge in [0.2, 0.25) is 0 Å². The van der Waals surface area contributed by atoms with Gasteiger partial charge in [-0.05, 0) is 42.9 Å². The van der Waals surface area contributed by atoms with Crippen LogP contribution in [0, 0.1) is 0 Å². The first kappa shape index (κ1) is 13.1. The van der Waals surface area contributed by atoms with Crippen LogP contribution in [0.5, 0.6) is 0 Å². The van der Waals surface area contributed by atoms with Crippen molar-refractivity contribution in [1.29, 1.82) is 0 Å². The molecule has 2 fully saturated rings. The molecule has 3 rings (SSSR count). The summed E-state index contributed by atoms with van der Waals surface area (Å²) in [6, 6.07) is 10.0. The van der Waals surface area contributed by atoms with Gasteiger partial charge in [-0.2, -0.15) is 0 Å². The fraction of sp³-hybridized carbons (Fsp3) is 0.647. The van der Waals surface area contributed by atoms with Gasteiger partial charge in [0, 0.05) is 19.1 Å². The maximum atomic E-state index is 3.63. The van der Waals surface area contributed by atoms with Gasteiger partial charge in [-0.25, -0.2) is 0 Å². The summed E-state index contributed by atoms with van der Waals surface area (Å²) in [7, 11) is 0. The molecule has 2 nitrogen and oxygen atoms in total. The van der Waals surface area contributed by atoms with E-state index in [0.717, 1.165) is 25.6 Å². The van der Waals surface area contributed by atoms with Gasteiger partial charge in [-0.3, -0.25) is 0 Å². The summed E-state index contributed by atoms with van der Waals surface area (Å²) in [5, 5.41) is 7.03. The number of hydrogen-bond donors (Lipinski definition) is 2. The molecule has 1 aliphatic heterocycles. The predicted molar refractivity (Wildman–Crippen MR) is 80.4 cm³/mol. The second kappa shape index (κ2) is 6.53. The van der Waals surface area contributed by atoms with Crippen LogP contribution in [-0.2, 0) is 6.54 Å². The molecule has 2 aliphatic rings. The maximum Gasteiger partial charge on any atom is 0.0208 e. The van der Waals surface area contributed by atoms with E-state index in [-0.39, 0.29) is 0 Å². The van der Waals surface area contributed by atoms with E-state index in [4.69, 9.17) is 0 Å². The molecule has 0 radical (unpaired) electrons. The molecule has 19 heavy (non-hydrogen) atoms. The second-order valence-corrected chi connectivity index (χ2v) is 6.15. The van der Waals surface area contributed by atoms with Crippen molar-refractivity contribution in [3.05, 3.63) is 35.4 Å². The largest absolute Gasteiger partial charge is 0.315 e. The molecule has 0 bridgehead atoms. The molecule has 2 N–H and O–H groups in total. The van der Waals surface area contributed by atoms with Crippen molar-refractivity contribution < 1.29 is 0 Å². The van der Waals surface area contributed by atoms with Crippen LogP contribution in [0.15, 0.2) is 24.3 Å². The number of nitrogens with one attached hydrogen (secondary N) is 2. The molecule has 1 unspecified atom stereocenters. The first-order valence-corrected chi connectivity index (χ1v) is 7.95. The molecule has 104 valence electrons. The van der Waals surface area contributed by atoms with Crippen molar-refractivity contribution >= 4 is 0 Å². The first-order chi connectivity index (χ1) is 9.42. The Kier molecular flexibility index (Phi) is 4.52. The predicted octanol–water partition coefficient (Wildman–Crippen LogP) is 3.19. The van der Waals surface area contributed by atoms with Crippen LogP contribution in [0.2, 0.25) is 0 Å². The topological polar surface area (TPSA) is 24.1 Å². The van der Waals surface area contributed by atoms with E-state index >= 15 is 0 Å². The molecule has 1 aliphatic carbocycles. The molecule has 1 aromatic carbocycles. The molecular formula is C17H26N2. The number of rotatable bonds is 4. The zero-order chi connectivity index (χ0) is 12.9. The number of hydrogen-bond acceptors (Lipinski definition) is 2. The summed E-state index contributed by atoms with van der Waals surface area (Å²) in [5.41, 5.74) is 2.98. The fourth-order valence-corrected chi connectivity index (χ4v) is 3.43. The highest BCUT2D eigenvalue weighted by Crippen LogP contribution is 2.32. The SMILES string of the molecule is c1cc(C2CCCCC2)ccc1CNC1CCNC1. The summed E-state index contributed by atoms with van der Waals surface area (Å²) in [6.07, 6.45) is 8.33. The monoisotopic (exact) mass is 258 g/mol. The van der Waals surface area contributed by atoms with Crippen LogP contribution in [0.1, 0.15) is 55.6 Å². The Labute approximate surface area is 117 Å². The van der Waals surface area contributed by atoms with Crippen molar-refractivity contribution in [1.82, 2.24) is 10.6 Å². The molecule has 0 amide bonds. The fourth-order valence-electron chi connectivity index (χ4n) is 3.43. The van der Waals surface area contributed by atoms with Gasteiger partial charge >= 0.3 is 0 Å². The zero-order valence-electron chi connectivity index (χ0n) is 11.8. The van der Waals surface area contributed by atoms with Crippen LogP contribution < -0.4 is 10.6 Å². The van der Waals surface area contributed by atoms with Crippen molar-refractivity contribution in [2.45, 2.75) is 57.0 Å². The summed E-state index contributed by atoms with van der Waals surface area (Å²) in [5.74, 6) is 0.829. The molecule has 1 heterocycles. The highest BCUT2D eigenvalue weighted by atomic mass is 15.0. The second-order valence-electron chi connectivity index (χ2n) is 6.15. The smallest absolute Gasteiger partial charge is 0.0208 e. The van der Waals surface area contributed by atoms with Crippen LogP contribution in [0.4, 0.5) is 0 Å². The Morgan fingerprint density at radius 2 is 1.79 bits per heavy atom. The Hall–Kier alpha value is -0.860. The lowest BCUT2D eigenvalue weighted by atomic mass is 9.84. The minimum Gasteiger partial charge on any atom is -0.315 e. The molecule has 1 atom stereocenters. The van der Waals surface area contributed by atoms with Gasteiger partial charge < -0.3 is 10.6 Å². The summed E-state index contributed by atoms with van der Waals surface area (Å²) < 4.78 is 0. The molecular weight excluding hydrogens is 232 g/mol. The van der Waals surface area contributed by atoms with E-state index in [1.165, 1.54) is 44.1 Å². The standard InChI is InChI=1S/C17H26N2/c1-2-4-15(5-3-1)16-8-6-14(7-9-16)12-19-17-10-11-18-13-17/h6-9,15,17-19H,1-5,10-13H2. The molecule has 2 heteroatoms. The average molecular weight is 258 g/mol. The third-order valence-electron chi connectivity index (χ3n) is 4.71. The lowest BCUT2D eigenvalue weighted by Crippen LogP contribution is -2.30. The van der Waals surface area contributed by atoms with E-state index in [1.54, 1.807) is 5.56 Å². The van der Waals surface area contributed by atoms with Crippen molar-refractivity contribution in [3.8, 4) is 0 Å². The van der Waals surface area contributed by atoms with Gasteiger partial charge in [0.15, 0.2) is 0 Å². The summed E-state index contributed by atoms with van der Waals surface area (Å²) >= 11 is 0. The molecule has 0 aromatic heterocycles. The Balaban J connectivity index is 1.52. The highest BCUT2D eigenvalue weighted by Gasteiger charge is 2.15. The third-order valence-corrected chi connectivity index (χ3v) is 4.71. The van der Waals surface area contributed by atoms with Gasteiger partial charge in [0.1, 0.15) is 0 Å². The van der Waals surface area contributed by atoms with Crippen LogP contribution in [0.25, 0.3) is 0 Å². The van der Waals surface area contributed by atoms with E-state index in [9.17, 15) is 0 Å². The van der Waals surface area contributed by atoms with E-state index in [1.807, 2.05) is 0 Å².